The molecule has 1 heterocycles. The number of nitrogens with zero attached hydrogens (tertiary/aromatic N) is 1. The minimum atomic E-state index is -1.80. The van der Waals surface area contributed by atoms with Crippen molar-refractivity contribution < 1.29 is 29.6 Å². The van der Waals surface area contributed by atoms with Gasteiger partial charge in [0.05, 0.1) is 12.1 Å². The van der Waals surface area contributed by atoms with Crippen LogP contribution in [-0.2, 0) is 9.53 Å². The molecule has 1 aromatic heterocycles. The zero-order valence-corrected chi connectivity index (χ0v) is 9.96. The molecule has 1 aromatic rings. The van der Waals surface area contributed by atoms with Crippen molar-refractivity contribution in [3.05, 3.63) is 28.5 Å². The maximum absolute atomic E-state index is 11.0. The number of aromatic nitrogens is 1. The monoisotopic (exact) mass is 275 g/mol. The van der Waals surface area contributed by atoms with Crippen LogP contribution in [0.1, 0.15) is 22.2 Å². The van der Waals surface area contributed by atoms with E-state index in [-0.39, 0.29) is 16.3 Å². The Bertz CT molecular complexity index is 477. The molecule has 1 rings (SSSR count). The van der Waals surface area contributed by atoms with Crippen molar-refractivity contribution in [3.63, 3.8) is 0 Å². The number of ether oxygens (including phenoxy) is 1. The van der Waals surface area contributed by atoms with Gasteiger partial charge in [-0.15, -0.1) is 0 Å². The summed E-state index contributed by atoms with van der Waals surface area (Å²) in [4.78, 5) is 25.2. The highest BCUT2D eigenvalue weighted by molar-refractivity contribution is 6.33. The maximum atomic E-state index is 11.0. The van der Waals surface area contributed by atoms with Crippen LogP contribution < -0.4 is 0 Å². The van der Waals surface area contributed by atoms with Gasteiger partial charge in [-0.25, -0.2) is 14.6 Å². The Hall–Kier alpha value is -1.70. The molecule has 7 nitrogen and oxygen atoms in total. The third-order valence-electron chi connectivity index (χ3n) is 2.15. The van der Waals surface area contributed by atoms with Crippen LogP contribution in [0.3, 0.4) is 0 Å². The average molecular weight is 276 g/mol. The largest absolute Gasteiger partial charge is 0.476 e. The molecule has 3 N–H and O–H groups in total. The molecule has 0 aromatic carbocycles. The van der Waals surface area contributed by atoms with Gasteiger partial charge in [-0.3, -0.25) is 0 Å². The summed E-state index contributed by atoms with van der Waals surface area (Å²) in [6, 6.07) is 1.11. The maximum Gasteiger partial charge on any atom is 0.356 e. The number of methoxy groups -OCH3 is 1. The van der Waals surface area contributed by atoms with Gasteiger partial charge in [0.15, 0.2) is 11.8 Å². The number of carbonyl (C=O) groups is 2. The molecule has 0 aliphatic carbocycles. The van der Waals surface area contributed by atoms with E-state index in [1.54, 1.807) is 0 Å². The first kappa shape index (κ1) is 14.4. The summed E-state index contributed by atoms with van der Waals surface area (Å²) in [5.74, 6) is -2.35. The third-order valence-corrected chi connectivity index (χ3v) is 2.44. The molecule has 0 aliphatic heterocycles. The molecule has 98 valence electrons. The summed E-state index contributed by atoms with van der Waals surface area (Å²) < 4.78 is 4.25. The van der Waals surface area contributed by atoms with Crippen LogP contribution in [0, 0.1) is 0 Å². The van der Waals surface area contributed by atoms with E-state index in [0.717, 1.165) is 19.4 Å². The van der Waals surface area contributed by atoms with E-state index in [9.17, 15) is 19.8 Å². The second-order valence-electron chi connectivity index (χ2n) is 3.32. The molecule has 2 atom stereocenters. The quantitative estimate of drug-likeness (QED) is 0.662. The highest BCUT2D eigenvalue weighted by Gasteiger charge is 2.27. The van der Waals surface area contributed by atoms with Crippen molar-refractivity contribution in [2.24, 2.45) is 0 Å². The number of aromatic carboxylic acids is 1. The molecule has 0 bridgehead atoms. The second-order valence-corrected chi connectivity index (χ2v) is 3.72. The fourth-order valence-electron chi connectivity index (χ4n) is 1.20. The van der Waals surface area contributed by atoms with Crippen LogP contribution >= 0.6 is 11.6 Å². The van der Waals surface area contributed by atoms with Crippen molar-refractivity contribution in [2.75, 3.05) is 7.11 Å². The Balaban J connectivity index is 3.01. The minimum Gasteiger partial charge on any atom is -0.476 e. The standard InChI is InChI=1S/C10H10ClNO6/c1-18-10(17)8(14)7(13)4-2-5(11)6(9(15)16)12-3-4/h2-3,7-8,13-14H,1H3,(H,15,16). The Morgan fingerprint density at radius 2 is 2.06 bits per heavy atom. The predicted octanol–water partition coefficient (Wildman–Crippen LogP) is 0.000500. The highest BCUT2D eigenvalue weighted by atomic mass is 35.5. The Labute approximate surface area is 107 Å². The number of halogens is 1. The number of carboxylic acids is 1. The summed E-state index contributed by atoms with van der Waals surface area (Å²) in [7, 11) is 1.05. The molecule has 2 unspecified atom stereocenters. The SMILES string of the molecule is COC(=O)C(O)C(O)c1cnc(C(=O)O)c(Cl)c1. The molecule has 0 radical (unpaired) electrons. The van der Waals surface area contributed by atoms with Crippen LogP contribution in [0.4, 0.5) is 0 Å². The van der Waals surface area contributed by atoms with Crippen molar-refractivity contribution in [1.82, 2.24) is 4.98 Å². The molecule has 0 saturated heterocycles. The van der Waals surface area contributed by atoms with E-state index < -0.39 is 24.1 Å². The van der Waals surface area contributed by atoms with Gasteiger partial charge >= 0.3 is 11.9 Å². The van der Waals surface area contributed by atoms with Gasteiger partial charge in [0, 0.05) is 11.8 Å². The molecule has 0 spiro atoms. The van der Waals surface area contributed by atoms with Crippen LogP contribution in [0.2, 0.25) is 5.02 Å². The Kier molecular flexibility index (Phi) is 4.60. The number of rotatable bonds is 4. The van der Waals surface area contributed by atoms with E-state index in [1.165, 1.54) is 0 Å². The molecule has 8 heteroatoms. The number of aliphatic hydroxyl groups is 2. The molecule has 0 fully saturated rings. The van der Waals surface area contributed by atoms with Crippen molar-refractivity contribution in [2.45, 2.75) is 12.2 Å². The van der Waals surface area contributed by atoms with Gasteiger partial charge < -0.3 is 20.1 Å². The lowest BCUT2D eigenvalue weighted by molar-refractivity contribution is -0.156. The average Bonchev–Trinajstić information content (AvgIpc) is 2.35. The summed E-state index contributed by atoms with van der Waals surface area (Å²) in [5, 5.41) is 27.5. The number of carboxylic acid groups (broad SMARTS) is 1. The van der Waals surface area contributed by atoms with Crippen molar-refractivity contribution in [1.29, 1.82) is 0 Å². The Morgan fingerprint density at radius 3 is 2.50 bits per heavy atom. The number of hydrogen-bond acceptors (Lipinski definition) is 6. The fraction of sp³-hybridized carbons (Fsp3) is 0.300. The zero-order valence-electron chi connectivity index (χ0n) is 9.20. The minimum absolute atomic E-state index is 0.00269. The first-order valence-corrected chi connectivity index (χ1v) is 5.09. The summed E-state index contributed by atoms with van der Waals surface area (Å²) in [6.07, 6.45) is -2.40. The lowest BCUT2D eigenvalue weighted by atomic mass is 10.1. The topological polar surface area (TPSA) is 117 Å². The summed E-state index contributed by atoms with van der Waals surface area (Å²) in [5.41, 5.74) is -0.386. The van der Waals surface area contributed by atoms with Crippen molar-refractivity contribution >= 4 is 23.5 Å². The van der Waals surface area contributed by atoms with Gasteiger partial charge in [0.2, 0.25) is 0 Å². The fourth-order valence-corrected chi connectivity index (χ4v) is 1.46. The Morgan fingerprint density at radius 1 is 1.44 bits per heavy atom. The van der Waals surface area contributed by atoms with Gasteiger partial charge in [0.1, 0.15) is 6.10 Å². The molecular weight excluding hydrogens is 266 g/mol. The van der Waals surface area contributed by atoms with Crippen LogP contribution in [0.25, 0.3) is 0 Å². The first-order valence-electron chi connectivity index (χ1n) is 4.71. The highest BCUT2D eigenvalue weighted by Crippen LogP contribution is 2.22. The molecule has 0 aliphatic rings. The molecule has 0 amide bonds. The van der Waals surface area contributed by atoms with E-state index >= 15 is 0 Å². The third kappa shape index (κ3) is 2.95. The van der Waals surface area contributed by atoms with Gasteiger partial charge in [-0.1, -0.05) is 11.6 Å². The van der Waals surface area contributed by atoms with Crippen molar-refractivity contribution in [3.8, 4) is 0 Å². The number of aliphatic hydroxyl groups excluding tert-OH is 2. The van der Waals surface area contributed by atoms with Gasteiger partial charge in [-0.2, -0.15) is 0 Å². The zero-order chi connectivity index (χ0) is 13.9. The van der Waals surface area contributed by atoms with Crippen LogP contribution in [0.15, 0.2) is 12.3 Å². The summed E-state index contributed by atoms with van der Waals surface area (Å²) in [6.45, 7) is 0. The normalized spacial score (nSPS) is 13.8. The smallest absolute Gasteiger partial charge is 0.356 e. The van der Waals surface area contributed by atoms with E-state index in [4.69, 9.17) is 16.7 Å². The van der Waals surface area contributed by atoms with Gasteiger partial charge in [-0.05, 0) is 6.07 Å². The van der Waals surface area contributed by atoms with E-state index in [2.05, 4.69) is 9.72 Å². The van der Waals surface area contributed by atoms with Crippen LogP contribution in [0.5, 0.6) is 0 Å². The predicted molar refractivity (Wildman–Crippen MR) is 59.2 cm³/mol. The molecule has 18 heavy (non-hydrogen) atoms. The van der Waals surface area contributed by atoms with E-state index in [1.807, 2.05) is 0 Å². The lowest BCUT2D eigenvalue weighted by Gasteiger charge is -2.16. The number of esters is 1. The van der Waals surface area contributed by atoms with Gasteiger partial charge in [0.25, 0.3) is 0 Å². The van der Waals surface area contributed by atoms with E-state index in [0.29, 0.717) is 0 Å². The summed E-state index contributed by atoms with van der Waals surface area (Å²) >= 11 is 5.63. The molecule has 0 saturated carbocycles. The second kappa shape index (κ2) is 5.76. The number of carbonyl (C=O) groups excluding carboxylic acids is 1. The number of hydrogen-bond donors (Lipinski definition) is 3. The lowest BCUT2D eigenvalue weighted by Crippen LogP contribution is -2.29. The first-order chi connectivity index (χ1) is 8.38. The number of pyridine rings is 1. The molecular formula is C10H10ClNO6. The van der Waals surface area contributed by atoms with Crippen LogP contribution in [-0.4, -0.2) is 45.5 Å².